The van der Waals surface area contributed by atoms with Gasteiger partial charge in [-0.15, -0.1) is 11.3 Å². The van der Waals surface area contributed by atoms with E-state index in [0.29, 0.717) is 6.42 Å². The first-order valence-corrected chi connectivity index (χ1v) is 9.19. The van der Waals surface area contributed by atoms with Gasteiger partial charge in [0.2, 0.25) is 5.91 Å². The van der Waals surface area contributed by atoms with Crippen molar-refractivity contribution in [1.82, 2.24) is 4.98 Å². The molecular weight excluding hydrogens is 322 g/mol. The lowest BCUT2D eigenvalue weighted by molar-refractivity contribution is -0.115. The number of nitrogens with zero attached hydrogens (tertiary/aromatic N) is 2. The number of aromatic nitrogens is 1. The molecule has 5 nitrogen and oxygen atoms in total. The topological polar surface area (TPSA) is 54.5 Å². The lowest BCUT2D eigenvalue weighted by Crippen LogP contribution is -2.45. The van der Waals surface area contributed by atoms with Crippen molar-refractivity contribution in [3.05, 3.63) is 29.6 Å². The van der Waals surface area contributed by atoms with E-state index in [4.69, 9.17) is 9.72 Å². The average molecular weight is 345 g/mol. The molecule has 1 fully saturated rings. The number of amides is 1. The van der Waals surface area contributed by atoms with Crippen LogP contribution in [0.25, 0.3) is 11.3 Å². The molecule has 1 saturated heterocycles. The maximum atomic E-state index is 11.6. The predicted octanol–water partition coefficient (Wildman–Crippen LogP) is 3.77. The number of ether oxygens (including phenoxy) is 1. The zero-order valence-electron chi connectivity index (χ0n) is 14.3. The number of carbonyl (C=O) groups is 1. The Morgan fingerprint density at radius 3 is 2.83 bits per heavy atom. The van der Waals surface area contributed by atoms with Crippen LogP contribution < -0.4 is 10.2 Å². The molecule has 1 N–H and O–H groups in total. The van der Waals surface area contributed by atoms with E-state index >= 15 is 0 Å². The number of hydrogen-bond acceptors (Lipinski definition) is 5. The number of hydrogen-bond donors (Lipinski definition) is 1. The Hall–Kier alpha value is -1.92. The molecule has 1 amide bonds. The maximum absolute atomic E-state index is 11.6. The number of rotatable bonds is 4. The van der Waals surface area contributed by atoms with E-state index in [9.17, 15) is 4.79 Å². The molecule has 128 valence electrons. The van der Waals surface area contributed by atoms with Crippen LogP contribution >= 0.6 is 11.3 Å². The first-order chi connectivity index (χ1) is 11.5. The highest BCUT2D eigenvalue weighted by Gasteiger charge is 2.24. The minimum Gasteiger partial charge on any atom is -0.372 e. The van der Waals surface area contributed by atoms with Gasteiger partial charge in [0.25, 0.3) is 0 Å². The molecule has 0 aliphatic carbocycles. The Kier molecular flexibility index (Phi) is 5.16. The van der Waals surface area contributed by atoms with Gasteiger partial charge in [-0.05, 0) is 26.0 Å². The third-order valence-corrected chi connectivity index (χ3v) is 4.85. The standard InChI is InChI=1S/C18H23N3O2S/c1-4-17(22)19-15-7-5-6-14(8-15)16-11-24-18(20-16)21-9-12(2)23-13(3)10-21/h5-8,11-13H,4,9-10H2,1-3H3,(H,19,22). The summed E-state index contributed by atoms with van der Waals surface area (Å²) in [7, 11) is 0. The summed E-state index contributed by atoms with van der Waals surface area (Å²) in [5, 5.41) is 5.99. The van der Waals surface area contributed by atoms with Gasteiger partial charge in [0.05, 0.1) is 17.9 Å². The van der Waals surface area contributed by atoms with Crippen LogP contribution in [-0.2, 0) is 9.53 Å². The number of morpholine rings is 1. The van der Waals surface area contributed by atoms with Crippen molar-refractivity contribution in [3.63, 3.8) is 0 Å². The molecule has 1 aromatic heterocycles. The number of benzene rings is 1. The summed E-state index contributed by atoms with van der Waals surface area (Å²) in [6.45, 7) is 7.76. The summed E-state index contributed by atoms with van der Waals surface area (Å²) >= 11 is 1.65. The van der Waals surface area contributed by atoms with Crippen LogP contribution in [0.1, 0.15) is 27.2 Å². The molecule has 0 bridgehead atoms. The quantitative estimate of drug-likeness (QED) is 0.916. The summed E-state index contributed by atoms with van der Waals surface area (Å²) in [6, 6.07) is 7.83. The SMILES string of the molecule is CCC(=O)Nc1cccc(-c2csc(N3CC(C)OC(C)C3)n2)c1. The Labute approximate surface area is 146 Å². The number of thiazole rings is 1. The van der Waals surface area contributed by atoms with Crippen molar-refractivity contribution in [2.24, 2.45) is 0 Å². The summed E-state index contributed by atoms with van der Waals surface area (Å²) in [6.07, 6.45) is 0.903. The van der Waals surface area contributed by atoms with E-state index < -0.39 is 0 Å². The second-order valence-electron chi connectivity index (χ2n) is 6.16. The fourth-order valence-electron chi connectivity index (χ4n) is 2.88. The monoisotopic (exact) mass is 345 g/mol. The summed E-state index contributed by atoms with van der Waals surface area (Å²) < 4.78 is 5.79. The number of carbonyl (C=O) groups excluding carboxylic acids is 1. The highest BCUT2D eigenvalue weighted by Crippen LogP contribution is 2.30. The Morgan fingerprint density at radius 1 is 1.38 bits per heavy atom. The lowest BCUT2D eigenvalue weighted by atomic mass is 10.1. The van der Waals surface area contributed by atoms with Gasteiger partial charge >= 0.3 is 0 Å². The molecule has 0 radical (unpaired) electrons. The van der Waals surface area contributed by atoms with E-state index in [1.807, 2.05) is 31.2 Å². The van der Waals surface area contributed by atoms with E-state index in [1.165, 1.54) is 0 Å². The predicted molar refractivity (Wildman–Crippen MR) is 98.7 cm³/mol. The van der Waals surface area contributed by atoms with E-state index in [2.05, 4.69) is 29.4 Å². The average Bonchev–Trinajstić information content (AvgIpc) is 3.04. The van der Waals surface area contributed by atoms with Crippen molar-refractivity contribution >= 4 is 28.1 Å². The van der Waals surface area contributed by atoms with Crippen molar-refractivity contribution in [3.8, 4) is 11.3 Å². The molecule has 3 rings (SSSR count). The summed E-state index contributed by atoms with van der Waals surface area (Å²) in [5.41, 5.74) is 2.76. The Balaban J connectivity index is 1.78. The van der Waals surface area contributed by atoms with Gasteiger partial charge in [0.15, 0.2) is 5.13 Å². The lowest BCUT2D eigenvalue weighted by Gasteiger charge is -2.35. The smallest absolute Gasteiger partial charge is 0.224 e. The minimum atomic E-state index is 0.0161. The van der Waals surface area contributed by atoms with E-state index in [0.717, 1.165) is 35.2 Å². The van der Waals surface area contributed by atoms with Crippen molar-refractivity contribution < 1.29 is 9.53 Å². The normalized spacial score (nSPS) is 20.9. The van der Waals surface area contributed by atoms with Crippen LogP contribution in [-0.4, -0.2) is 36.2 Å². The Morgan fingerprint density at radius 2 is 2.12 bits per heavy atom. The number of anilines is 2. The van der Waals surface area contributed by atoms with Crippen molar-refractivity contribution in [2.75, 3.05) is 23.3 Å². The molecule has 2 heterocycles. The second kappa shape index (κ2) is 7.32. The molecule has 2 aromatic rings. The third-order valence-electron chi connectivity index (χ3n) is 3.95. The molecule has 1 aromatic carbocycles. The Bertz CT molecular complexity index is 706. The summed E-state index contributed by atoms with van der Waals surface area (Å²) in [5.74, 6) is 0.0161. The molecule has 24 heavy (non-hydrogen) atoms. The van der Waals surface area contributed by atoms with E-state index in [-0.39, 0.29) is 18.1 Å². The summed E-state index contributed by atoms with van der Waals surface area (Å²) in [4.78, 5) is 18.6. The molecule has 0 saturated carbocycles. The maximum Gasteiger partial charge on any atom is 0.224 e. The minimum absolute atomic E-state index is 0.0161. The largest absolute Gasteiger partial charge is 0.372 e. The van der Waals surface area contributed by atoms with Gasteiger partial charge in [-0.3, -0.25) is 4.79 Å². The van der Waals surface area contributed by atoms with Gasteiger partial charge < -0.3 is 15.0 Å². The van der Waals surface area contributed by atoms with Gasteiger partial charge in [0, 0.05) is 36.1 Å². The van der Waals surface area contributed by atoms with E-state index in [1.54, 1.807) is 11.3 Å². The van der Waals surface area contributed by atoms with Crippen molar-refractivity contribution in [2.45, 2.75) is 39.4 Å². The first kappa shape index (κ1) is 16.9. The molecule has 2 atom stereocenters. The highest BCUT2D eigenvalue weighted by molar-refractivity contribution is 7.14. The van der Waals surface area contributed by atoms with Crippen LogP contribution in [0.3, 0.4) is 0 Å². The third kappa shape index (κ3) is 3.94. The van der Waals surface area contributed by atoms with Crippen molar-refractivity contribution in [1.29, 1.82) is 0 Å². The fraction of sp³-hybridized carbons (Fsp3) is 0.444. The molecule has 2 unspecified atom stereocenters. The molecule has 1 aliphatic heterocycles. The van der Waals surface area contributed by atoms with Crippen LogP contribution in [0.4, 0.5) is 10.8 Å². The van der Waals surface area contributed by atoms with Crippen LogP contribution in [0.5, 0.6) is 0 Å². The van der Waals surface area contributed by atoms with Gasteiger partial charge in [0.1, 0.15) is 0 Å². The van der Waals surface area contributed by atoms with Gasteiger partial charge in [-0.1, -0.05) is 19.1 Å². The molecule has 1 aliphatic rings. The fourth-order valence-corrected chi connectivity index (χ4v) is 3.74. The highest BCUT2D eigenvalue weighted by atomic mass is 32.1. The zero-order valence-corrected chi connectivity index (χ0v) is 15.1. The van der Waals surface area contributed by atoms with Crippen LogP contribution in [0.2, 0.25) is 0 Å². The number of nitrogens with one attached hydrogen (secondary N) is 1. The van der Waals surface area contributed by atoms with Crippen LogP contribution in [0.15, 0.2) is 29.6 Å². The van der Waals surface area contributed by atoms with Gasteiger partial charge in [-0.2, -0.15) is 0 Å². The molecule has 0 spiro atoms. The second-order valence-corrected chi connectivity index (χ2v) is 7.00. The van der Waals surface area contributed by atoms with Crippen LogP contribution in [0, 0.1) is 0 Å². The van der Waals surface area contributed by atoms with Gasteiger partial charge in [-0.25, -0.2) is 4.98 Å². The molecule has 6 heteroatoms. The molecular formula is C18H23N3O2S. The first-order valence-electron chi connectivity index (χ1n) is 8.31. The zero-order chi connectivity index (χ0) is 17.1.